The number of hydrogen-bond acceptors (Lipinski definition) is 2. The topological polar surface area (TPSA) is 12.5 Å². The number of hydrogen-bond donors (Lipinski definition) is 0. The first kappa shape index (κ1) is 10.2. The summed E-state index contributed by atoms with van der Waals surface area (Å²) in [6.07, 6.45) is 2.78. The maximum Gasteiger partial charge on any atom is 0.0589 e. The average Bonchev–Trinajstić information content (AvgIpc) is 2.63. The van der Waals surface area contributed by atoms with Gasteiger partial charge in [0.15, 0.2) is 0 Å². The highest BCUT2D eigenvalue weighted by molar-refractivity contribution is 5.85. The lowest BCUT2D eigenvalue weighted by Crippen LogP contribution is -2.24. The molecule has 0 N–H and O–H groups in total. The maximum absolute atomic E-state index is 4.95. The van der Waals surface area contributed by atoms with E-state index in [2.05, 4.69) is 11.9 Å². The molecule has 0 amide bonds. The van der Waals surface area contributed by atoms with Crippen LogP contribution in [0.25, 0.3) is 0 Å². The summed E-state index contributed by atoms with van der Waals surface area (Å²) < 4.78 is 4.95. The molecule has 0 bridgehead atoms. The highest BCUT2D eigenvalue weighted by Crippen LogP contribution is 2.24. The third-order valence-corrected chi connectivity index (χ3v) is 1.82. The van der Waals surface area contributed by atoms with Crippen LogP contribution >= 0.6 is 12.4 Å². The molecule has 10 heavy (non-hydrogen) atoms. The summed E-state index contributed by atoms with van der Waals surface area (Å²) in [4.78, 5) is 2.36. The van der Waals surface area contributed by atoms with Gasteiger partial charge in [-0.3, -0.25) is 0 Å². The second-order valence-corrected chi connectivity index (χ2v) is 2.70. The molecule has 0 aliphatic heterocycles. The largest absolute Gasteiger partial charge is 0.383 e. The van der Waals surface area contributed by atoms with Crippen molar-refractivity contribution in [3.63, 3.8) is 0 Å². The molecule has 1 aliphatic carbocycles. The molecular weight excluding hydrogens is 150 g/mol. The summed E-state index contributed by atoms with van der Waals surface area (Å²) in [5.41, 5.74) is 0. The Kier molecular flexibility index (Phi) is 5.04. The fourth-order valence-electron chi connectivity index (χ4n) is 0.933. The molecule has 62 valence electrons. The first-order valence-electron chi connectivity index (χ1n) is 3.54. The van der Waals surface area contributed by atoms with Crippen molar-refractivity contribution in [2.45, 2.75) is 18.9 Å². The fraction of sp³-hybridized carbons (Fsp3) is 1.00. The Morgan fingerprint density at radius 3 is 2.50 bits per heavy atom. The van der Waals surface area contributed by atoms with Gasteiger partial charge in [-0.1, -0.05) is 0 Å². The van der Waals surface area contributed by atoms with Crippen LogP contribution in [0.4, 0.5) is 0 Å². The number of ether oxygens (including phenoxy) is 1. The van der Waals surface area contributed by atoms with Gasteiger partial charge in [0.1, 0.15) is 0 Å². The predicted molar refractivity (Wildman–Crippen MR) is 44.8 cm³/mol. The standard InChI is InChI=1S/C7H15NO.ClH/c1-8(5-6-9-2)7-3-4-7;/h7H,3-6H2,1-2H3;1H. The molecule has 0 heterocycles. The molecule has 1 fully saturated rings. The Balaban J connectivity index is 0.000000810. The fourth-order valence-corrected chi connectivity index (χ4v) is 0.933. The smallest absolute Gasteiger partial charge is 0.0589 e. The van der Waals surface area contributed by atoms with E-state index in [-0.39, 0.29) is 12.4 Å². The summed E-state index contributed by atoms with van der Waals surface area (Å²) in [7, 11) is 3.91. The van der Waals surface area contributed by atoms with Gasteiger partial charge in [-0.25, -0.2) is 0 Å². The normalized spacial score (nSPS) is 17.1. The lowest BCUT2D eigenvalue weighted by Gasteiger charge is -2.13. The summed E-state index contributed by atoms with van der Waals surface area (Å²) in [5, 5.41) is 0. The van der Waals surface area contributed by atoms with Gasteiger partial charge in [-0.15, -0.1) is 12.4 Å². The van der Waals surface area contributed by atoms with Gasteiger partial charge in [-0.2, -0.15) is 0 Å². The molecule has 0 atom stereocenters. The van der Waals surface area contributed by atoms with Crippen LogP contribution < -0.4 is 0 Å². The zero-order chi connectivity index (χ0) is 6.69. The minimum atomic E-state index is 0. The summed E-state index contributed by atoms with van der Waals surface area (Å²) in [6.45, 7) is 1.95. The molecule has 2 nitrogen and oxygen atoms in total. The van der Waals surface area contributed by atoms with Gasteiger partial charge < -0.3 is 9.64 Å². The number of likely N-dealkylation sites (N-methyl/N-ethyl adjacent to an activating group) is 1. The average molecular weight is 166 g/mol. The zero-order valence-corrected chi connectivity index (χ0v) is 7.49. The van der Waals surface area contributed by atoms with Crippen molar-refractivity contribution in [1.82, 2.24) is 4.90 Å². The highest BCUT2D eigenvalue weighted by Gasteiger charge is 2.25. The molecule has 0 aromatic carbocycles. The Morgan fingerprint density at radius 1 is 1.50 bits per heavy atom. The molecule has 0 unspecified atom stereocenters. The minimum Gasteiger partial charge on any atom is -0.383 e. The van der Waals surface area contributed by atoms with Crippen molar-refractivity contribution in [1.29, 1.82) is 0 Å². The van der Waals surface area contributed by atoms with Crippen molar-refractivity contribution in [3.05, 3.63) is 0 Å². The van der Waals surface area contributed by atoms with Crippen LogP contribution in [-0.2, 0) is 4.74 Å². The molecule has 0 aromatic rings. The number of halogens is 1. The Bertz CT molecular complexity index is 85.7. The molecule has 0 radical (unpaired) electrons. The molecule has 0 spiro atoms. The van der Waals surface area contributed by atoms with E-state index in [1.807, 2.05) is 0 Å². The van der Waals surface area contributed by atoms with Gasteiger partial charge in [0.05, 0.1) is 6.61 Å². The van der Waals surface area contributed by atoms with Crippen molar-refractivity contribution >= 4 is 12.4 Å². The van der Waals surface area contributed by atoms with Gasteiger partial charge >= 0.3 is 0 Å². The minimum absolute atomic E-state index is 0. The lowest BCUT2D eigenvalue weighted by atomic mass is 10.5. The molecule has 3 heteroatoms. The van der Waals surface area contributed by atoms with Crippen molar-refractivity contribution in [3.8, 4) is 0 Å². The monoisotopic (exact) mass is 165 g/mol. The highest BCUT2D eigenvalue weighted by atomic mass is 35.5. The summed E-state index contributed by atoms with van der Waals surface area (Å²) in [6, 6.07) is 0.875. The van der Waals surface area contributed by atoms with Crippen molar-refractivity contribution in [2.75, 3.05) is 27.3 Å². The van der Waals surface area contributed by atoms with E-state index < -0.39 is 0 Å². The second-order valence-electron chi connectivity index (χ2n) is 2.70. The molecule has 0 saturated heterocycles. The maximum atomic E-state index is 4.95. The van der Waals surface area contributed by atoms with Crippen molar-refractivity contribution in [2.24, 2.45) is 0 Å². The van der Waals surface area contributed by atoms with E-state index in [9.17, 15) is 0 Å². The Labute approximate surface area is 68.9 Å². The van der Waals surface area contributed by atoms with Crippen LogP contribution in [0.1, 0.15) is 12.8 Å². The van der Waals surface area contributed by atoms with E-state index in [1.54, 1.807) is 7.11 Å². The molecule has 1 saturated carbocycles. The van der Waals surface area contributed by atoms with Crippen LogP contribution in [0.2, 0.25) is 0 Å². The van der Waals surface area contributed by atoms with Crippen LogP contribution in [0.5, 0.6) is 0 Å². The Hall–Kier alpha value is 0.210. The molecule has 1 aliphatic rings. The van der Waals surface area contributed by atoms with Crippen molar-refractivity contribution < 1.29 is 4.74 Å². The third kappa shape index (κ3) is 3.40. The molecular formula is C7H16ClNO. The van der Waals surface area contributed by atoms with Gasteiger partial charge in [0.25, 0.3) is 0 Å². The predicted octanol–water partition coefficient (Wildman–Crippen LogP) is 1.15. The van der Waals surface area contributed by atoms with E-state index >= 15 is 0 Å². The summed E-state index contributed by atoms with van der Waals surface area (Å²) >= 11 is 0. The second kappa shape index (κ2) is 4.94. The Morgan fingerprint density at radius 2 is 2.10 bits per heavy atom. The van der Waals surface area contributed by atoms with Crippen LogP contribution in [0.15, 0.2) is 0 Å². The lowest BCUT2D eigenvalue weighted by molar-refractivity contribution is 0.158. The first-order chi connectivity index (χ1) is 4.34. The molecule has 0 aromatic heterocycles. The SMILES string of the molecule is COCCN(C)C1CC1.Cl. The van der Waals surface area contributed by atoms with Crippen LogP contribution in [0.3, 0.4) is 0 Å². The number of nitrogens with zero attached hydrogens (tertiary/aromatic N) is 1. The summed E-state index contributed by atoms with van der Waals surface area (Å²) in [5.74, 6) is 0. The van der Waals surface area contributed by atoms with E-state index in [0.29, 0.717) is 0 Å². The van der Waals surface area contributed by atoms with E-state index in [4.69, 9.17) is 4.74 Å². The first-order valence-corrected chi connectivity index (χ1v) is 3.54. The van der Waals surface area contributed by atoms with E-state index in [1.165, 1.54) is 12.8 Å². The quantitative estimate of drug-likeness (QED) is 0.620. The van der Waals surface area contributed by atoms with Crippen LogP contribution in [-0.4, -0.2) is 38.3 Å². The number of rotatable bonds is 4. The van der Waals surface area contributed by atoms with Gasteiger partial charge in [0.2, 0.25) is 0 Å². The van der Waals surface area contributed by atoms with Gasteiger partial charge in [-0.05, 0) is 19.9 Å². The number of methoxy groups -OCH3 is 1. The van der Waals surface area contributed by atoms with Crippen LogP contribution in [0, 0.1) is 0 Å². The molecule has 1 rings (SSSR count). The van der Waals surface area contributed by atoms with E-state index in [0.717, 1.165) is 19.2 Å². The third-order valence-electron chi connectivity index (χ3n) is 1.82. The van der Waals surface area contributed by atoms with Gasteiger partial charge in [0, 0.05) is 19.7 Å². The zero-order valence-electron chi connectivity index (χ0n) is 6.67.